The van der Waals surface area contributed by atoms with Gasteiger partial charge in [0.15, 0.2) is 0 Å². The van der Waals surface area contributed by atoms with E-state index in [1.807, 2.05) is 0 Å². The molecule has 0 spiro atoms. The van der Waals surface area contributed by atoms with Crippen LogP contribution in [0, 0.1) is 0 Å². The highest BCUT2D eigenvalue weighted by molar-refractivity contribution is 5.28. The van der Waals surface area contributed by atoms with E-state index < -0.39 is 17.8 Å². The van der Waals surface area contributed by atoms with Gasteiger partial charge in [0, 0.05) is 18.8 Å². The first-order valence-corrected chi connectivity index (χ1v) is 4.38. The Bertz CT molecular complexity index is 426. The maximum Gasteiger partial charge on any atom is 0.409 e. The Balaban J connectivity index is 2.55. The zero-order valence-corrected chi connectivity index (χ0v) is 7.58. The number of anilines is 1. The van der Waals surface area contributed by atoms with Crippen LogP contribution in [-0.4, -0.2) is 22.3 Å². The van der Waals surface area contributed by atoms with Gasteiger partial charge in [0.25, 0.3) is 5.56 Å². The molecule has 0 radical (unpaired) electrons. The lowest BCUT2D eigenvalue weighted by atomic mass is 10.1. The SMILES string of the molecule is O=c1ccnc2n1C(C(F)(F)F)CCN2. The second-order valence-corrected chi connectivity index (χ2v) is 3.25. The average molecular weight is 219 g/mol. The molecule has 0 bridgehead atoms. The van der Waals surface area contributed by atoms with E-state index in [1.54, 1.807) is 0 Å². The molecule has 1 aliphatic heterocycles. The van der Waals surface area contributed by atoms with Crippen molar-refractivity contribution in [3.05, 3.63) is 22.6 Å². The van der Waals surface area contributed by atoms with E-state index in [2.05, 4.69) is 10.3 Å². The van der Waals surface area contributed by atoms with Crippen molar-refractivity contribution in [3.63, 3.8) is 0 Å². The first-order chi connectivity index (χ1) is 7.00. The van der Waals surface area contributed by atoms with Crippen LogP contribution in [0.15, 0.2) is 17.1 Å². The summed E-state index contributed by atoms with van der Waals surface area (Å²) in [5.74, 6) is -0.0175. The standard InChI is InChI=1S/C8H8F3N3O/c9-8(10,11)5-1-3-12-7-13-4-2-6(15)14(5)7/h2,4-5H,1,3H2,(H,12,13). The number of nitrogens with zero attached hydrogens (tertiary/aromatic N) is 2. The number of aromatic nitrogens is 2. The van der Waals surface area contributed by atoms with Crippen molar-refractivity contribution < 1.29 is 13.2 Å². The summed E-state index contributed by atoms with van der Waals surface area (Å²) in [6.45, 7) is 0.167. The number of fused-ring (bicyclic) bond motifs is 1. The van der Waals surface area contributed by atoms with Gasteiger partial charge in [0.1, 0.15) is 6.04 Å². The van der Waals surface area contributed by atoms with Gasteiger partial charge in [-0.05, 0) is 6.42 Å². The molecule has 1 aromatic rings. The summed E-state index contributed by atoms with van der Waals surface area (Å²) in [4.78, 5) is 15.0. The van der Waals surface area contributed by atoms with Crippen molar-refractivity contribution in [1.82, 2.24) is 9.55 Å². The number of rotatable bonds is 0. The van der Waals surface area contributed by atoms with Gasteiger partial charge >= 0.3 is 6.18 Å². The fourth-order valence-corrected chi connectivity index (χ4v) is 1.61. The number of alkyl halides is 3. The lowest BCUT2D eigenvalue weighted by Crippen LogP contribution is -2.40. The van der Waals surface area contributed by atoms with E-state index in [-0.39, 0.29) is 18.9 Å². The Morgan fingerprint density at radius 1 is 1.53 bits per heavy atom. The molecule has 0 saturated heterocycles. The highest BCUT2D eigenvalue weighted by Gasteiger charge is 2.43. The van der Waals surface area contributed by atoms with Gasteiger partial charge < -0.3 is 5.32 Å². The van der Waals surface area contributed by atoms with Crippen LogP contribution in [0.1, 0.15) is 12.5 Å². The topological polar surface area (TPSA) is 46.9 Å². The molecule has 0 aliphatic carbocycles. The molecule has 0 aromatic carbocycles. The molecule has 1 aliphatic rings. The zero-order valence-electron chi connectivity index (χ0n) is 7.58. The van der Waals surface area contributed by atoms with Crippen molar-refractivity contribution in [3.8, 4) is 0 Å². The highest BCUT2D eigenvalue weighted by Crippen LogP contribution is 2.35. The maximum atomic E-state index is 12.6. The molecule has 7 heteroatoms. The molecule has 1 unspecified atom stereocenters. The number of hydrogen-bond donors (Lipinski definition) is 1. The van der Waals surface area contributed by atoms with Crippen molar-refractivity contribution in [2.75, 3.05) is 11.9 Å². The summed E-state index contributed by atoms with van der Waals surface area (Å²) < 4.78 is 38.4. The van der Waals surface area contributed by atoms with Gasteiger partial charge in [-0.2, -0.15) is 13.2 Å². The van der Waals surface area contributed by atoms with Crippen molar-refractivity contribution in [2.45, 2.75) is 18.6 Å². The number of nitrogens with one attached hydrogen (secondary N) is 1. The third-order valence-corrected chi connectivity index (χ3v) is 2.27. The van der Waals surface area contributed by atoms with Gasteiger partial charge in [0.05, 0.1) is 0 Å². The van der Waals surface area contributed by atoms with E-state index in [0.717, 1.165) is 6.07 Å². The summed E-state index contributed by atoms with van der Waals surface area (Å²) in [7, 11) is 0. The van der Waals surface area contributed by atoms with Crippen LogP contribution < -0.4 is 10.9 Å². The lowest BCUT2D eigenvalue weighted by molar-refractivity contribution is -0.170. The van der Waals surface area contributed by atoms with E-state index in [0.29, 0.717) is 4.57 Å². The highest BCUT2D eigenvalue weighted by atomic mass is 19.4. The first kappa shape index (κ1) is 10.0. The van der Waals surface area contributed by atoms with Crippen LogP contribution in [-0.2, 0) is 0 Å². The van der Waals surface area contributed by atoms with Gasteiger partial charge in [-0.25, -0.2) is 4.98 Å². The predicted octanol–water partition coefficient (Wildman–Crippen LogP) is 1.16. The van der Waals surface area contributed by atoms with Crippen molar-refractivity contribution in [2.24, 2.45) is 0 Å². The summed E-state index contributed by atoms with van der Waals surface area (Å²) in [5, 5.41) is 2.66. The number of hydrogen-bond acceptors (Lipinski definition) is 3. The quantitative estimate of drug-likeness (QED) is 0.712. The lowest BCUT2D eigenvalue weighted by Gasteiger charge is -2.28. The predicted molar refractivity (Wildman–Crippen MR) is 46.7 cm³/mol. The fraction of sp³-hybridized carbons (Fsp3) is 0.500. The van der Waals surface area contributed by atoms with Gasteiger partial charge in [-0.3, -0.25) is 9.36 Å². The molecule has 4 nitrogen and oxygen atoms in total. The Hall–Kier alpha value is -1.53. The summed E-state index contributed by atoms with van der Waals surface area (Å²) in [5.41, 5.74) is -0.686. The molecule has 0 saturated carbocycles. The second kappa shape index (κ2) is 3.25. The summed E-state index contributed by atoms with van der Waals surface area (Å²) >= 11 is 0. The fourth-order valence-electron chi connectivity index (χ4n) is 1.61. The largest absolute Gasteiger partial charge is 0.409 e. The Morgan fingerprint density at radius 3 is 2.93 bits per heavy atom. The van der Waals surface area contributed by atoms with Crippen LogP contribution in [0.4, 0.5) is 19.1 Å². The Kier molecular flexibility index (Phi) is 2.17. The molecule has 1 N–H and O–H groups in total. The molecule has 1 aromatic heterocycles. The average Bonchev–Trinajstić information content (AvgIpc) is 2.16. The van der Waals surface area contributed by atoms with E-state index in [9.17, 15) is 18.0 Å². The summed E-state index contributed by atoms with van der Waals surface area (Å²) in [6.07, 6.45) is -3.37. The monoisotopic (exact) mass is 219 g/mol. The molecule has 0 amide bonds. The molecule has 15 heavy (non-hydrogen) atoms. The smallest absolute Gasteiger partial charge is 0.355 e. The zero-order chi connectivity index (χ0) is 11.1. The molecular weight excluding hydrogens is 211 g/mol. The molecule has 2 rings (SSSR count). The van der Waals surface area contributed by atoms with Crippen LogP contribution in [0.25, 0.3) is 0 Å². The van der Waals surface area contributed by atoms with Crippen molar-refractivity contribution in [1.29, 1.82) is 0 Å². The van der Waals surface area contributed by atoms with E-state index in [1.165, 1.54) is 6.20 Å². The van der Waals surface area contributed by atoms with Gasteiger partial charge in [-0.15, -0.1) is 0 Å². The molecule has 0 fully saturated rings. The molecule has 2 heterocycles. The van der Waals surface area contributed by atoms with E-state index in [4.69, 9.17) is 0 Å². The number of halogens is 3. The van der Waals surface area contributed by atoms with Crippen LogP contribution in [0.3, 0.4) is 0 Å². The molecular formula is C8H8F3N3O. The third kappa shape index (κ3) is 1.69. The third-order valence-electron chi connectivity index (χ3n) is 2.27. The van der Waals surface area contributed by atoms with Crippen LogP contribution >= 0.6 is 0 Å². The van der Waals surface area contributed by atoms with E-state index >= 15 is 0 Å². The van der Waals surface area contributed by atoms with Gasteiger partial charge in [-0.1, -0.05) is 0 Å². The molecule has 1 atom stereocenters. The normalized spacial score (nSPS) is 20.6. The minimum absolute atomic E-state index is 0.0175. The second-order valence-electron chi connectivity index (χ2n) is 3.25. The van der Waals surface area contributed by atoms with Gasteiger partial charge in [0.2, 0.25) is 5.95 Å². The summed E-state index contributed by atoms with van der Waals surface area (Å²) in [6, 6.07) is -0.746. The van der Waals surface area contributed by atoms with Crippen LogP contribution in [0.2, 0.25) is 0 Å². The first-order valence-electron chi connectivity index (χ1n) is 4.38. The maximum absolute atomic E-state index is 12.6. The Labute approximate surface area is 82.7 Å². The minimum atomic E-state index is -4.41. The Morgan fingerprint density at radius 2 is 2.27 bits per heavy atom. The molecule has 82 valence electrons. The van der Waals surface area contributed by atoms with Crippen LogP contribution in [0.5, 0.6) is 0 Å². The minimum Gasteiger partial charge on any atom is -0.355 e. The van der Waals surface area contributed by atoms with Crippen molar-refractivity contribution >= 4 is 5.95 Å².